The minimum absolute atomic E-state index is 0.215. The number of benzene rings is 1. The Hall–Kier alpha value is -1.68. The molecule has 2 N–H and O–H groups in total. The van der Waals surface area contributed by atoms with E-state index in [0.29, 0.717) is 5.92 Å². The van der Waals surface area contributed by atoms with Crippen LogP contribution < -0.4 is 5.32 Å². The minimum atomic E-state index is -0.215. The summed E-state index contributed by atoms with van der Waals surface area (Å²) in [7, 11) is 0. The lowest BCUT2D eigenvalue weighted by Crippen LogP contribution is -2.27. The highest BCUT2D eigenvalue weighted by atomic mass is 19.1. The van der Waals surface area contributed by atoms with E-state index in [4.69, 9.17) is 0 Å². The van der Waals surface area contributed by atoms with Gasteiger partial charge < -0.3 is 10.3 Å². The van der Waals surface area contributed by atoms with E-state index in [2.05, 4.69) is 15.3 Å². The average molecular weight is 245 g/mol. The fourth-order valence-corrected chi connectivity index (χ4v) is 2.41. The van der Waals surface area contributed by atoms with Crippen molar-refractivity contribution in [2.45, 2.75) is 18.8 Å². The topological polar surface area (TPSA) is 40.7 Å². The number of hydrogen-bond donors (Lipinski definition) is 2. The summed E-state index contributed by atoms with van der Waals surface area (Å²) in [4.78, 5) is 7.88. The summed E-state index contributed by atoms with van der Waals surface area (Å²) >= 11 is 0. The van der Waals surface area contributed by atoms with E-state index in [0.717, 1.165) is 43.0 Å². The molecule has 2 heterocycles. The Morgan fingerprint density at radius 3 is 2.56 bits per heavy atom. The van der Waals surface area contributed by atoms with E-state index in [-0.39, 0.29) is 5.82 Å². The highest BCUT2D eigenvalue weighted by Gasteiger charge is 2.18. The monoisotopic (exact) mass is 245 g/mol. The van der Waals surface area contributed by atoms with Gasteiger partial charge in [0, 0.05) is 17.7 Å². The molecule has 1 aliphatic rings. The highest BCUT2D eigenvalue weighted by Crippen LogP contribution is 2.25. The Bertz CT molecular complexity index is 512. The Labute approximate surface area is 105 Å². The van der Waals surface area contributed by atoms with E-state index >= 15 is 0 Å². The second kappa shape index (κ2) is 4.90. The fourth-order valence-electron chi connectivity index (χ4n) is 2.41. The summed E-state index contributed by atoms with van der Waals surface area (Å²) in [5.41, 5.74) is 1.84. The summed E-state index contributed by atoms with van der Waals surface area (Å²) < 4.78 is 12.9. The molecule has 94 valence electrons. The zero-order chi connectivity index (χ0) is 12.4. The van der Waals surface area contributed by atoms with Crippen molar-refractivity contribution in [3.8, 4) is 11.3 Å². The lowest BCUT2D eigenvalue weighted by atomic mass is 9.98. The predicted octanol–water partition coefficient (Wildman–Crippen LogP) is 2.68. The van der Waals surface area contributed by atoms with Crippen LogP contribution in [0.5, 0.6) is 0 Å². The van der Waals surface area contributed by atoms with Gasteiger partial charge in [-0.25, -0.2) is 9.37 Å². The quantitative estimate of drug-likeness (QED) is 0.854. The molecule has 1 aromatic heterocycles. The SMILES string of the molecule is Fc1ccc(-c2c[nH]c(C3CCNCC3)n2)cc1. The van der Waals surface area contributed by atoms with Crippen LogP contribution in [0.15, 0.2) is 30.5 Å². The van der Waals surface area contributed by atoms with Gasteiger partial charge in [-0.15, -0.1) is 0 Å². The van der Waals surface area contributed by atoms with E-state index in [1.165, 1.54) is 12.1 Å². The zero-order valence-electron chi connectivity index (χ0n) is 10.1. The van der Waals surface area contributed by atoms with E-state index in [1.54, 1.807) is 12.1 Å². The number of hydrogen-bond acceptors (Lipinski definition) is 2. The smallest absolute Gasteiger partial charge is 0.123 e. The number of halogens is 1. The van der Waals surface area contributed by atoms with Crippen LogP contribution in [0.25, 0.3) is 11.3 Å². The number of aromatic nitrogens is 2. The second-order valence-corrected chi connectivity index (χ2v) is 4.70. The molecule has 0 atom stereocenters. The van der Waals surface area contributed by atoms with Crippen molar-refractivity contribution < 1.29 is 4.39 Å². The van der Waals surface area contributed by atoms with Crippen molar-refractivity contribution in [3.05, 3.63) is 42.1 Å². The molecule has 2 aromatic rings. The third kappa shape index (κ3) is 2.29. The molecule has 0 saturated carbocycles. The first-order valence-corrected chi connectivity index (χ1v) is 6.35. The summed E-state index contributed by atoms with van der Waals surface area (Å²) in [6, 6.07) is 6.46. The molecule has 0 amide bonds. The number of H-pyrrole nitrogens is 1. The number of imidazole rings is 1. The highest BCUT2D eigenvalue weighted by molar-refractivity contribution is 5.58. The number of nitrogens with zero attached hydrogens (tertiary/aromatic N) is 1. The van der Waals surface area contributed by atoms with Gasteiger partial charge in [0.1, 0.15) is 11.6 Å². The Balaban J connectivity index is 1.82. The molecule has 4 heteroatoms. The first-order valence-electron chi connectivity index (χ1n) is 6.35. The fraction of sp³-hybridized carbons (Fsp3) is 0.357. The van der Waals surface area contributed by atoms with Crippen LogP contribution in [0.3, 0.4) is 0 Å². The summed E-state index contributed by atoms with van der Waals surface area (Å²) in [5, 5.41) is 3.35. The van der Waals surface area contributed by atoms with Gasteiger partial charge in [0.15, 0.2) is 0 Å². The molecule has 1 fully saturated rings. The number of rotatable bonds is 2. The number of aromatic amines is 1. The third-order valence-electron chi connectivity index (χ3n) is 3.46. The van der Waals surface area contributed by atoms with Crippen molar-refractivity contribution in [2.24, 2.45) is 0 Å². The molecule has 18 heavy (non-hydrogen) atoms. The Morgan fingerprint density at radius 1 is 1.11 bits per heavy atom. The molecule has 3 rings (SSSR count). The van der Waals surface area contributed by atoms with Crippen LogP contribution in [-0.4, -0.2) is 23.1 Å². The molecular formula is C14H16FN3. The Morgan fingerprint density at radius 2 is 1.83 bits per heavy atom. The molecular weight excluding hydrogens is 229 g/mol. The third-order valence-corrected chi connectivity index (χ3v) is 3.46. The van der Waals surface area contributed by atoms with Crippen molar-refractivity contribution in [1.29, 1.82) is 0 Å². The molecule has 0 radical (unpaired) electrons. The first kappa shape index (κ1) is 11.4. The van der Waals surface area contributed by atoms with Crippen LogP contribution in [0.4, 0.5) is 4.39 Å². The van der Waals surface area contributed by atoms with Crippen molar-refractivity contribution in [3.63, 3.8) is 0 Å². The first-order chi connectivity index (χ1) is 8.83. The van der Waals surface area contributed by atoms with E-state index < -0.39 is 0 Å². The Kier molecular flexibility index (Phi) is 3.11. The summed E-state index contributed by atoms with van der Waals surface area (Å²) in [6.45, 7) is 2.11. The maximum absolute atomic E-state index is 12.9. The molecule has 1 aliphatic heterocycles. The zero-order valence-corrected chi connectivity index (χ0v) is 10.1. The van der Waals surface area contributed by atoms with Crippen molar-refractivity contribution in [1.82, 2.24) is 15.3 Å². The van der Waals surface area contributed by atoms with E-state index in [9.17, 15) is 4.39 Å². The van der Waals surface area contributed by atoms with Gasteiger partial charge in [0.2, 0.25) is 0 Å². The van der Waals surface area contributed by atoms with Gasteiger partial charge in [-0.2, -0.15) is 0 Å². The maximum Gasteiger partial charge on any atom is 0.123 e. The molecule has 0 spiro atoms. The standard InChI is InChI=1S/C14H16FN3/c15-12-3-1-10(2-4-12)13-9-17-14(18-13)11-5-7-16-8-6-11/h1-4,9,11,16H,5-8H2,(H,17,18). The molecule has 0 unspecified atom stereocenters. The van der Waals surface area contributed by atoms with Crippen LogP contribution >= 0.6 is 0 Å². The van der Waals surface area contributed by atoms with Gasteiger partial charge >= 0.3 is 0 Å². The summed E-state index contributed by atoms with van der Waals surface area (Å²) in [6.07, 6.45) is 4.15. The van der Waals surface area contributed by atoms with Crippen molar-refractivity contribution >= 4 is 0 Å². The normalized spacial score (nSPS) is 16.9. The van der Waals surface area contributed by atoms with Crippen LogP contribution in [0.1, 0.15) is 24.6 Å². The predicted molar refractivity (Wildman–Crippen MR) is 68.8 cm³/mol. The van der Waals surface area contributed by atoms with Crippen molar-refractivity contribution in [2.75, 3.05) is 13.1 Å². The lowest BCUT2D eigenvalue weighted by Gasteiger charge is -2.20. The summed E-state index contributed by atoms with van der Waals surface area (Å²) in [5.74, 6) is 1.35. The van der Waals surface area contributed by atoms with E-state index in [1.807, 2.05) is 6.20 Å². The van der Waals surface area contributed by atoms with Crippen LogP contribution in [0, 0.1) is 5.82 Å². The minimum Gasteiger partial charge on any atom is -0.348 e. The molecule has 1 saturated heterocycles. The molecule has 1 aromatic carbocycles. The lowest BCUT2D eigenvalue weighted by molar-refractivity contribution is 0.447. The van der Waals surface area contributed by atoms with Crippen LogP contribution in [0.2, 0.25) is 0 Å². The maximum atomic E-state index is 12.9. The number of nitrogens with one attached hydrogen (secondary N) is 2. The van der Waals surface area contributed by atoms with Gasteiger partial charge in [-0.05, 0) is 50.2 Å². The number of piperidine rings is 1. The largest absolute Gasteiger partial charge is 0.348 e. The second-order valence-electron chi connectivity index (χ2n) is 4.70. The van der Waals surface area contributed by atoms with Gasteiger partial charge in [0.05, 0.1) is 5.69 Å². The average Bonchev–Trinajstić information content (AvgIpc) is 2.90. The van der Waals surface area contributed by atoms with Crippen LogP contribution in [-0.2, 0) is 0 Å². The molecule has 0 bridgehead atoms. The molecule has 3 nitrogen and oxygen atoms in total. The van der Waals surface area contributed by atoms with Gasteiger partial charge in [-0.1, -0.05) is 0 Å². The van der Waals surface area contributed by atoms with Gasteiger partial charge in [-0.3, -0.25) is 0 Å². The van der Waals surface area contributed by atoms with Gasteiger partial charge in [0.25, 0.3) is 0 Å². The molecule has 0 aliphatic carbocycles.